The number of halogens is 1. The maximum atomic E-state index is 12.1. The zero-order valence-corrected chi connectivity index (χ0v) is 11.8. The average molecular weight is 303 g/mol. The summed E-state index contributed by atoms with van der Waals surface area (Å²) in [5.41, 5.74) is 0.200. The molecule has 0 atom stereocenters. The molecule has 3 rings (SSSR count). The highest BCUT2D eigenvalue weighted by atomic mass is 35.5. The number of phenolic OH excluding ortho intramolecular Hbond substituents is 1. The number of methoxy groups -OCH3 is 1. The van der Waals surface area contributed by atoms with Crippen LogP contribution in [0.4, 0.5) is 0 Å². The van der Waals surface area contributed by atoms with E-state index in [2.05, 4.69) is 0 Å². The number of fused-ring (bicyclic) bond motifs is 1. The van der Waals surface area contributed by atoms with Crippen molar-refractivity contribution in [2.75, 3.05) is 7.11 Å². The molecule has 1 N–H and O–H groups in total. The standard InChI is InChI=1S/C16H11ClO4/c1-20-13-7-6-11-12(15(13)17)8-14(21-16(11)19)9-2-4-10(18)5-3-9/h2-8,18H,1H3. The lowest BCUT2D eigenvalue weighted by molar-refractivity contribution is 0.415. The first kappa shape index (κ1) is 13.5. The predicted octanol–water partition coefficient (Wildman–Crippen LogP) is 3.83. The van der Waals surface area contributed by atoms with Gasteiger partial charge in [0.25, 0.3) is 0 Å². The van der Waals surface area contributed by atoms with Crippen LogP contribution in [0.15, 0.2) is 51.7 Å². The van der Waals surface area contributed by atoms with Gasteiger partial charge < -0.3 is 14.3 Å². The molecule has 0 amide bonds. The van der Waals surface area contributed by atoms with Crippen LogP contribution in [0.25, 0.3) is 22.1 Å². The van der Waals surface area contributed by atoms with Crippen molar-refractivity contribution in [1.82, 2.24) is 0 Å². The number of phenols is 1. The largest absolute Gasteiger partial charge is 0.508 e. The number of ether oxygens (including phenoxy) is 1. The minimum Gasteiger partial charge on any atom is -0.508 e. The van der Waals surface area contributed by atoms with Crippen molar-refractivity contribution in [3.63, 3.8) is 0 Å². The van der Waals surface area contributed by atoms with Gasteiger partial charge in [-0.05, 0) is 42.5 Å². The Kier molecular flexibility index (Phi) is 3.31. The van der Waals surface area contributed by atoms with E-state index in [-0.39, 0.29) is 5.75 Å². The van der Waals surface area contributed by atoms with E-state index in [0.29, 0.717) is 32.9 Å². The Labute approximate surface area is 125 Å². The van der Waals surface area contributed by atoms with E-state index in [1.807, 2.05) is 0 Å². The van der Waals surface area contributed by atoms with E-state index >= 15 is 0 Å². The smallest absolute Gasteiger partial charge is 0.344 e. The van der Waals surface area contributed by atoms with Crippen molar-refractivity contribution >= 4 is 22.4 Å². The first-order valence-electron chi connectivity index (χ1n) is 6.20. The summed E-state index contributed by atoms with van der Waals surface area (Å²) >= 11 is 6.25. The second-order valence-electron chi connectivity index (χ2n) is 4.49. The van der Waals surface area contributed by atoms with Gasteiger partial charge in [-0.2, -0.15) is 0 Å². The summed E-state index contributed by atoms with van der Waals surface area (Å²) in [5.74, 6) is 1.01. The molecular formula is C16H11ClO4. The summed E-state index contributed by atoms with van der Waals surface area (Å²) < 4.78 is 10.5. The van der Waals surface area contributed by atoms with E-state index in [4.69, 9.17) is 20.8 Å². The number of hydrogen-bond acceptors (Lipinski definition) is 4. The Hall–Kier alpha value is -2.46. The highest BCUT2D eigenvalue weighted by molar-refractivity contribution is 6.37. The Morgan fingerprint density at radius 1 is 1.10 bits per heavy atom. The highest BCUT2D eigenvalue weighted by Crippen LogP contribution is 2.33. The van der Waals surface area contributed by atoms with Crippen molar-refractivity contribution in [3.8, 4) is 22.8 Å². The second kappa shape index (κ2) is 5.14. The third-order valence-electron chi connectivity index (χ3n) is 3.21. The van der Waals surface area contributed by atoms with Crippen LogP contribution in [0.2, 0.25) is 5.02 Å². The van der Waals surface area contributed by atoms with Gasteiger partial charge in [-0.15, -0.1) is 0 Å². The molecule has 1 heterocycles. The first-order chi connectivity index (χ1) is 10.1. The zero-order chi connectivity index (χ0) is 15.0. The Bertz CT molecular complexity index is 866. The van der Waals surface area contributed by atoms with Gasteiger partial charge in [-0.1, -0.05) is 11.6 Å². The lowest BCUT2D eigenvalue weighted by Crippen LogP contribution is -2.01. The van der Waals surface area contributed by atoms with Crippen molar-refractivity contribution in [2.24, 2.45) is 0 Å². The third-order valence-corrected chi connectivity index (χ3v) is 3.60. The van der Waals surface area contributed by atoms with Gasteiger partial charge in [0, 0.05) is 10.9 Å². The van der Waals surface area contributed by atoms with Gasteiger partial charge in [-0.25, -0.2) is 4.79 Å². The number of hydrogen-bond donors (Lipinski definition) is 1. The Morgan fingerprint density at radius 2 is 1.81 bits per heavy atom. The zero-order valence-electron chi connectivity index (χ0n) is 11.1. The van der Waals surface area contributed by atoms with Crippen LogP contribution in [-0.4, -0.2) is 12.2 Å². The molecule has 1 aromatic heterocycles. The van der Waals surface area contributed by atoms with Gasteiger partial charge in [0.05, 0.1) is 17.5 Å². The molecule has 3 aromatic rings. The van der Waals surface area contributed by atoms with Gasteiger partial charge in [-0.3, -0.25) is 0 Å². The molecule has 0 bridgehead atoms. The van der Waals surface area contributed by atoms with Crippen molar-refractivity contribution in [1.29, 1.82) is 0 Å². The lowest BCUT2D eigenvalue weighted by Gasteiger charge is -2.07. The normalized spacial score (nSPS) is 10.8. The van der Waals surface area contributed by atoms with Gasteiger partial charge >= 0.3 is 5.63 Å². The molecule has 0 spiro atoms. The molecule has 0 saturated carbocycles. The lowest BCUT2D eigenvalue weighted by atomic mass is 10.1. The summed E-state index contributed by atoms with van der Waals surface area (Å²) in [4.78, 5) is 12.1. The average Bonchev–Trinajstić information content (AvgIpc) is 2.49. The van der Waals surface area contributed by atoms with E-state index in [0.717, 1.165) is 0 Å². The molecule has 2 aromatic carbocycles. The minimum atomic E-state index is -0.472. The molecule has 0 aliphatic carbocycles. The summed E-state index contributed by atoms with van der Waals surface area (Å²) in [7, 11) is 1.51. The van der Waals surface area contributed by atoms with Crippen LogP contribution >= 0.6 is 11.6 Å². The van der Waals surface area contributed by atoms with Crippen LogP contribution in [0.5, 0.6) is 11.5 Å². The second-order valence-corrected chi connectivity index (χ2v) is 4.87. The molecule has 0 fully saturated rings. The van der Waals surface area contributed by atoms with Crippen molar-refractivity contribution < 1.29 is 14.3 Å². The van der Waals surface area contributed by atoms with Gasteiger partial charge in [0.15, 0.2) is 0 Å². The maximum Gasteiger partial charge on any atom is 0.344 e. The maximum absolute atomic E-state index is 12.1. The quantitative estimate of drug-likeness (QED) is 0.781. The minimum absolute atomic E-state index is 0.140. The molecule has 0 unspecified atom stereocenters. The van der Waals surface area contributed by atoms with E-state index in [9.17, 15) is 9.90 Å². The van der Waals surface area contributed by atoms with E-state index < -0.39 is 5.63 Å². The fraction of sp³-hybridized carbons (Fsp3) is 0.0625. The highest BCUT2D eigenvalue weighted by Gasteiger charge is 2.12. The molecule has 0 saturated heterocycles. The molecule has 0 aliphatic heterocycles. The molecule has 106 valence electrons. The summed E-state index contributed by atoms with van der Waals surface area (Å²) in [6, 6.07) is 11.3. The van der Waals surface area contributed by atoms with Gasteiger partial charge in [0.1, 0.15) is 17.3 Å². The predicted molar refractivity (Wildman–Crippen MR) is 81.1 cm³/mol. The van der Waals surface area contributed by atoms with Crippen LogP contribution in [0.3, 0.4) is 0 Å². The fourth-order valence-electron chi connectivity index (χ4n) is 2.13. The van der Waals surface area contributed by atoms with Crippen LogP contribution in [-0.2, 0) is 0 Å². The first-order valence-corrected chi connectivity index (χ1v) is 6.57. The molecule has 0 radical (unpaired) electrons. The van der Waals surface area contributed by atoms with E-state index in [1.54, 1.807) is 30.3 Å². The van der Waals surface area contributed by atoms with E-state index in [1.165, 1.54) is 19.2 Å². The summed E-state index contributed by atoms with van der Waals surface area (Å²) in [5, 5.41) is 10.6. The topological polar surface area (TPSA) is 59.7 Å². The number of rotatable bonds is 2. The van der Waals surface area contributed by atoms with Crippen LogP contribution in [0, 0.1) is 0 Å². The fourth-order valence-corrected chi connectivity index (χ4v) is 2.43. The summed E-state index contributed by atoms with van der Waals surface area (Å²) in [6.45, 7) is 0. The molecule has 0 aliphatic rings. The molecular weight excluding hydrogens is 292 g/mol. The number of benzene rings is 2. The SMILES string of the molecule is COc1ccc2c(=O)oc(-c3ccc(O)cc3)cc2c1Cl. The summed E-state index contributed by atoms with van der Waals surface area (Å²) in [6.07, 6.45) is 0. The van der Waals surface area contributed by atoms with Gasteiger partial charge in [0.2, 0.25) is 0 Å². The van der Waals surface area contributed by atoms with Crippen LogP contribution < -0.4 is 10.4 Å². The van der Waals surface area contributed by atoms with Crippen molar-refractivity contribution in [2.45, 2.75) is 0 Å². The molecule has 4 nitrogen and oxygen atoms in total. The molecule has 5 heteroatoms. The monoisotopic (exact) mass is 302 g/mol. The number of aromatic hydroxyl groups is 1. The third kappa shape index (κ3) is 2.34. The molecule has 21 heavy (non-hydrogen) atoms. The Morgan fingerprint density at radius 3 is 2.48 bits per heavy atom. The van der Waals surface area contributed by atoms with Crippen molar-refractivity contribution in [3.05, 3.63) is 57.9 Å². The Balaban J connectivity index is 2.28. The van der Waals surface area contributed by atoms with Crippen LogP contribution in [0.1, 0.15) is 0 Å².